The highest BCUT2D eigenvalue weighted by Crippen LogP contribution is 2.24. The van der Waals surface area contributed by atoms with Gasteiger partial charge >= 0.3 is 6.36 Å². The van der Waals surface area contributed by atoms with Gasteiger partial charge in [-0.1, -0.05) is 0 Å². The zero-order valence-electron chi connectivity index (χ0n) is 10.5. The van der Waals surface area contributed by atoms with Crippen LogP contribution in [0.3, 0.4) is 0 Å². The molecule has 3 nitrogen and oxygen atoms in total. The van der Waals surface area contributed by atoms with Gasteiger partial charge in [-0.2, -0.15) is 0 Å². The molecule has 1 heterocycles. The molecule has 1 aliphatic rings. The lowest BCUT2D eigenvalue weighted by Gasteiger charge is -2.23. The molecular formula is C13H17F3N2O. The van der Waals surface area contributed by atoms with Crippen LogP contribution in [-0.2, 0) is 0 Å². The fraction of sp³-hybridized carbons (Fsp3) is 0.538. The summed E-state index contributed by atoms with van der Waals surface area (Å²) in [4.78, 5) is 0. The largest absolute Gasteiger partial charge is 0.573 e. The first-order valence-corrected chi connectivity index (χ1v) is 6.33. The third-order valence-electron chi connectivity index (χ3n) is 3.14. The van der Waals surface area contributed by atoms with Gasteiger partial charge in [-0.3, -0.25) is 0 Å². The Bertz CT molecular complexity index is 386. The van der Waals surface area contributed by atoms with Crippen LogP contribution in [0.15, 0.2) is 24.3 Å². The highest BCUT2D eigenvalue weighted by Gasteiger charge is 2.30. The average Bonchev–Trinajstić information content (AvgIpc) is 2.37. The first-order valence-electron chi connectivity index (χ1n) is 6.33. The molecule has 0 radical (unpaired) electrons. The van der Waals surface area contributed by atoms with Crippen molar-refractivity contribution >= 4 is 5.69 Å². The van der Waals surface area contributed by atoms with Crippen molar-refractivity contribution in [2.45, 2.75) is 19.2 Å². The number of alkyl halides is 3. The normalized spacial score (nSPS) is 17.2. The third kappa shape index (κ3) is 4.98. The molecule has 0 bridgehead atoms. The SMILES string of the molecule is FC(F)(F)Oc1ccc(NCC2CCNCC2)cc1. The van der Waals surface area contributed by atoms with Crippen LogP contribution >= 0.6 is 0 Å². The van der Waals surface area contributed by atoms with Gasteiger partial charge < -0.3 is 15.4 Å². The van der Waals surface area contributed by atoms with Crippen molar-refractivity contribution in [2.75, 3.05) is 25.0 Å². The Kier molecular flexibility index (Phi) is 4.52. The smallest absolute Gasteiger partial charge is 0.406 e. The number of benzene rings is 1. The molecule has 2 N–H and O–H groups in total. The molecule has 19 heavy (non-hydrogen) atoms. The monoisotopic (exact) mass is 274 g/mol. The van der Waals surface area contributed by atoms with Crippen LogP contribution in [0.2, 0.25) is 0 Å². The van der Waals surface area contributed by atoms with Crippen LogP contribution in [0, 0.1) is 5.92 Å². The molecule has 1 aromatic carbocycles. The summed E-state index contributed by atoms with van der Waals surface area (Å²) in [5.74, 6) is 0.423. The first-order chi connectivity index (χ1) is 9.03. The molecule has 2 rings (SSSR count). The fourth-order valence-corrected chi connectivity index (χ4v) is 2.12. The van der Waals surface area contributed by atoms with E-state index in [0.29, 0.717) is 5.92 Å². The Hall–Kier alpha value is -1.43. The van der Waals surface area contributed by atoms with E-state index >= 15 is 0 Å². The van der Waals surface area contributed by atoms with Crippen LogP contribution in [0.1, 0.15) is 12.8 Å². The molecule has 1 aliphatic heterocycles. The maximum Gasteiger partial charge on any atom is 0.573 e. The summed E-state index contributed by atoms with van der Waals surface area (Å²) in [6.07, 6.45) is -2.38. The molecule has 1 saturated heterocycles. The van der Waals surface area contributed by atoms with E-state index in [1.165, 1.54) is 12.1 Å². The Balaban J connectivity index is 1.81. The van der Waals surface area contributed by atoms with E-state index in [2.05, 4.69) is 15.4 Å². The van der Waals surface area contributed by atoms with E-state index in [1.807, 2.05) is 0 Å². The number of hydrogen-bond acceptors (Lipinski definition) is 3. The zero-order chi connectivity index (χ0) is 13.7. The van der Waals surface area contributed by atoms with Crippen LogP contribution < -0.4 is 15.4 Å². The minimum atomic E-state index is -4.63. The lowest BCUT2D eigenvalue weighted by molar-refractivity contribution is -0.274. The second kappa shape index (κ2) is 6.14. The lowest BCUT2D eigenvalue weighted by atomic mass is 9.98. The van der Waals surface area contributed by atoms with E-state index in [4.69, 9.17) is 0 Å². The van der Waals surface area contributed by atoms with Crippen molar-refractivity contribution in [3.8, 4) is 5.75 Å². The number of ether oxygens (including phenoxy) is 1. The van der Waals surface area contributed by atoms with E-state index in [-0.39, 0.29) is 5.75 Å². The number of piperidine rings is 1. The highest BCUT2D eigenvalue weighted by atomic mass is 19.4. The van der Waals surface area contributed by atoms with Crippen LogP contribution in [-0.4, -0.2) is 26.0 Å². The van der Waals surface area contributed by atoms with Crippen molar-refractivity contribution in [3.05, 3.63) is 24.3 Å². The maximum atomic E-state index is 12.0. The maximum absolute atomic E-state index is 12.0. The molecule has 0 spiro atoms. The van der Waals surface area contributed by atoms with Crippen molar-refractivity contribution in [3.63, 3.8) is 0 Å². The van der Waals surface area contributed by atoms with Gasteiger partial charge in [0.25, 0.3) is 0 Å². The molecule has 0 aromatic heterocycles. The van der Waals surface area contributed by atoms with Gasteiger partial charge in [0.05, 0.1) is 0 Å². The van der Waals surface area contributed by atoms with Crippen LogP contribution in [0.5, 0.6) is 5.75 Å². The summed E-state index contributed by atoms with van der Waals surface area (Å²) in [6.45, 7) is 2.91. The second-order valence-corrected chi connectivity index (χ2v) is 4.65. The number of hydrogen-bond donors (Lipinski definition) is 2. The van der Waals surface area contributed by atoms with Gasteiger partial charge in [0, 0.05) is 12.2 Å². The number of rotatable bonds is 4. The third-order valence-corrected chi connectivity index (χ3v) is 3.14. The molecule has 1 fully saturated rings. The molecular weight excluding hydrogens is 257 g/mol. The Morgan fingerprint density at radius 3 is 2.37 bits per heavy atom. The second-order valence-electron chi connectivity index (χ2n) is 4.65. The summed E-state index contributed by atoms with van der Waals surface area (Å²) in [5.41, 5.74) is 0.813. The van der Waals surface area contributed by atoms with Crippen molar-refractivity contribution in [1.29, 1.82) is 0 Å². The van der Waals surface area contributed by atoms with Gasteiger partial charge in [-0.25, -0.2) is 0 Å². The number of anilines is 1. The first kappa shape index (κ1) is 14.0. The molecule has 106 valence electrons. The Labute approximate surface area is 110 Å². The molecule has 0 saturated carbocycles. The molecule has 1 aromatic rings. The summed E-state index contributed by atoms with van der Waals surface area (Å²) in [5, 5.41) is 6.53. The summed E-state index contributed by atoms with van der Waals surface area (Å²) < 4.78 is 39.8. The predicted molar refractivity (Wildman–Crippen MR) is 67.2 cm³/mol. The minimum Gasteiger partial charge on any atom is -0.406 e. The van der Waals surface area contributed by atoms with Crippen molar-refractivity contribution in [1.82, 2.24) is 5.32 Å². The van der Waals surface area contributed by atoms with E-state index in [1.54, 1.807) is 12.1 Å². The van der Waals surface area contributed by atoms with Gasteiger partial charge in [-0.15, -0.1) is 13.2 Å². The molecule has 0 unspecified atom stereocenters. The topological polar surface area (TPSA) is 33.3 Å². The summed E-state index contributed by atoms with van der Waals surface area (Å²) in [6, 6.07) is 5.83. The summed E-state index contributed by atoms with van der Waals surface area (Å²) in [7, 11) is 0. The molecule has 0 amide bonds. The van der Waals surface area contributed by atoms with Gasteiger partial charge in [0.2, 0.25) is 0 Å². The van der Waals surface area contributed by atoms with Crippen LogP contribution in [0.25, 0.3) is 0 Å². The molecule has 6 heteroatoms. The minimum absolute atomic E-state index is 0.195. The average molecular weight is 274 g/mol. The van der Waals surface area contributed by atoms with E-state index in [0.717, 1.165) is 38.2 Å². The number of halogens is 3. The van der Waals surface area contributed by atoms with Crippen LogP contribution in [0.4, 0.5) is 18.9 Å². The van der Waals surface area contributed by atoms with E-state index in [9.17, 15) is 13.2 Å². The highest BCUT2D eigenvalue weighted by molar-refractivity contribution is 5.46. The standard InChI is InChI=1S/C13H17F3N2O/c14-13(15,16)19-12-3-1-11(2-4-12)18-9-10-5-7-17-8-6-10/h1-4,10,17-18H,5-9H2. The lowest BCUT2D eigenvalue weighted by Crippen LogP contribution is -2.31. The molecule has 0 atom stereocenters. The quantitative estimate of drug-likeness (QED) is 0.885. The fourth-order valence-electron chi connectivity index (χ4n) is 2.12. The zero-order valence-corrected chi connectivity index (χ0v) is 10.5. The Morgan fingerprint density at radius 1 is 1.16 bits per heavy atom. The van der Waals surface area contributed by atoms with Gasteiger partial charge in [0.1, 0.15) is 5.75 Å². The Morgan fingerprint density at radius 2 is 1.79 bits per heavy atom. The predicted octanol–water partition coefficient (Wildman–Crippen LogP) is 3.00. The summed E-state index contributed by atoms with van der Waals surface area (Å²) >= 11 is 0. The van der Waals surface area contributed by atoms with Crippen molar-refractivity contribution in [2.24, 2.45) is 5.92 Å². The van der Waals surface area contributed by atoms with Gasteiger partial charge in [-0.05, 0) is 56.1 Å². The van der Waals surface area contributed by atoms with Crippen molar-refractivity contribution < 1.29 is 17.9 Å². The van der Waals surface area contributed by atoms with E-state index < -0.39 is 6.36 Å². The molecule has 0 aliphatic carbocycles. The van der Waals surface area contributed by atoms with Gasteiger partial charge in [0.15, 0.2) is 0 Å². The number of nitrogens with one attached hydrogen (secondary N) is 2.